The monoisotopic (exact) mass is 218 g/mol. The summed E-state index contributed by atoms with van der Waals surface area (Å²) in [7, 11) is 0. The van der Waals surface area contributed by atoms with Gasteiger partial charge in [-0.15, -0.1) is 0 Å². The molecule has 0 bridgehead atoms. The van der Waals surface area contributed by atoms with Gasteiger partial charge in [-0.2, -0.15) is 0 Å². The maximum Gasteiger partial charge on any atom is 0.115 e. The van der Waals surface area contributed by atoms with Crippen LogP contribution in [-0.2, 0) is 0 Å². The average molecular weight is 218 g/mol. The number of phenolic OH excluding ortho intramolecular Hbond substituents is 1. The van der Waals surface area contributed by atoms with Gasteiger partial charge >= 0.3 is 0 Å². The lowest BCUT2D eigenvalue weighted by Crippen LogP contribution is -2.13. The summed E-state index contributed by atoms with van der Waals surface area (Å²) in [5.41, 5.74) is 1.41. The molecule has 0 amide bonds. The van der Waals surface area contributed by atoms with E-state index in [9.17, 15) is 5.11 Å². The Labute approximate surface area is 98.5 Å². The van der Waals surface area contributed by atoms with Crippen LogP contribution in [0.5, 0.6) is 5.75 Å². The first-order valence-electron chi connectivity index (χ1n) is 6.58. The van der Waals surface area contributed by atoms with Crippen molar-refractivity contribution in [2.45, 2.75) is 51.4 Å². The highest BCUT2D eigenvalue weighted by Gasteiger charge is 2.21. The Bertz CT molecular complexity index is 307. The fraction of sp³-hybridized carbons (Fsp3) is 0.600. The molecular formula is C15H22O. The van der Waals surface area contributed by atoms with Gasteiger partial charge in [0.1, 0.15) is 5.75 Å². The largest absolute Gasteiger partial charge is 0.508 e. The lowest BCUT2D eigenvalue weighted by molar-refractivity contribution is 0.308. The molecule has 0 saturated heterocycles. The molecule has 1 saturated carbocycles. The van der Waals surface area contributed by atoms with Crippen molar-refractivity contribution in [2.24, 2.45) is 5.92 Å². The Morgan fingerprint density at radius 3 is 2.25 bits per heavy atom. The maximum atomic E-state index is 9.27. The smallest absolute Gasteiger partial charge is 0.115 e. The van der Waals surface area contributed by atoms with Gasteiger partial charge in [-0.05, 0) is 55.2 Å². The number of hydrogen-bond acceptors (Lipinski definition) is 1. The maximum absolute atomic E-state index is 9.27. The summed E-state index contributed by atoms with van der Waals surface area (Å²) in [6.45, 7) is 2.28. The molecule has 0 spiro atoms. The van der Waals surface area contributed by atoms with Gasteiger partial charge in [0.05, 0.1) is 0 Å². The highest BCUT2D eigenvalue weighted by molar-refractivity contribution is 5.28. The van der Waals surface area contributed by atoms with E-state index < -0.39 is 0 Å². The quantitative estimate of drug-likeness (QED) is 0.793. The molecule has 0 unspecified atom stereocenters. The molecular weight excluding hydrogens is 196 g/mol. The number of benzene rings is 1. The first-order chi connectivity index (χ1) is 7.79. The van der Waals surface area contributed by atoms with Crippen LogP contribution in [0.2, 0.25) is 0 Å². The number of hydrogen-bond donors (Lipinski definition) is 1. The normalized spacial score (nSPS) is 25.6. The summed E-state index contributed by atoms with van der Waals surface area (Å²) >= 11 is 0. The van der Waals surface area contributed by atoms with Gasteiger partial charge in [-0.1, -0.05) is 31.9 Å². The first kappa shape index (κ1) is 11.5. The van der Waals surface area contributed by atoms with Crippen molar-refractivity contribution in [3.63, 3.8) is 0 Å². The molecule has 16 heavy (non-hydrogen) atoms. The van der Waals surface area contributed by atoms with E-state index >= 15 is 0 Å². The molecule has 1 aliphatic carbocycles. The first-order valence-corrected chi connectivity index (χ1v) is 6.58. The van der Waals surface area contributed by atoms with Crippen LogP contribution >= 0.6 is 0 Å². The van der Waals surface area contributed by atoms with E-state index in [0.29, 0.717) is 5.75 Å². The van der Waals surface area contributed by atoms with E-state index in [-0.39, 0.29) is 0 Å². The van der Waals surface area contributed by atoms with E-state index in [1.807, 2.05) is 12.1 Å². The van der Waals surface area contributed by atoms with E-state index in [2.05, 4.69) is 19.1 Å². The van der Waals surface area contributed by atoms with E-state index in [4.69, 9.17) is 0 Å². The second-order valence-electron chi connectivity index (χ2n) is 5.10. The molecule has 0 aromatic heterocycles. The number of rotatable bonds is 3. The van der Waals surface area contributed by atoms with Crippen molar-refractivity contribution in [1.82, 2.24) is 0 Å². The Kier molecular flexibility index (Phi) is 3.87. The Balaban J connectivity index is 1.91. The molecule has 0 atom stereocenters. The summed E-state index contributed by atoms with van der Waals surface area (Å²) in [6.07, 6.45) is 8.17. The minimum absolute atomic E-state index is 0.378. The lowest BCUT2D eigenvalue weighted by Gasteiger charge is -2.28. The zero-order chi connectivity index (χ0) is 11.4. The second kappa shape index (κ2) is 5.38. The Morgan fingerprint density at radius 1 is 1.06 bits per heavy atom. The third-order valence-corrected chi connectivity index (χ3v) is 3.91. The van der Waals surface area contributed by atoms with Gasteiger partial charge in [0, 0.05) is 0 Å². The van der Waals surface area contributed by atoms with Crippen molar-refractivity contribution in [3.8, 4) is 5.75 Å². The molecule has 0 aliphatic heterocycles. The zero-order valence-electron chi connectivity index (χ0n) is 10.2. The minimum Gasteiger partial charge on any atom is -0.508 e. The number of aromatic hydroxyl groups is 1. The van der Waals surface area contributed by atoms with Crippen molar-refractivity contribution < 1.29 is 5.11 Å². The average Bonchev–Trinajstić information content (AvgIpc) is 2.32. The molecule has 1 aliphatic rings. The fourth-order valence-electron chi connectivity index (χ4n) is 2.94. The summed E-state index contributed by atoms with van der Waals surface area (Å²) < 4.78 is 0. The third-order valence-electron chi connectivity index (χ3n) is 3.91. The minimum atomic E-state index is 0.378. The molecule has 1 N–H and O–H groups in total. The van der Waals surface area contributed by atoms with Crippen LogP contribution in [0, 0.1) is 5.92 Å². The van der Waals surface area contributed by atoms with Gasteiger partial charge in [-0.25, -0.2) is 0 Å². The zero-order valence-corrected chi connectivity index (χ0v) is 10.2. The third kappa shape index (κ3) is 2.78. The van der Waals surface area contributed by atoms with Crippen molar-refractivity contribution in [3.05, 3.63) is 29.8 Å². The predicted octanol–water partition coefficient (Wildman–Crippen LogP) is 4.47. The van der Waals surface area contributed by atoms with E-state index in [1.54, 1.807) is 0 Å². The van der Waals surface area contributed by atoms with Gasteiger partial charge < -0.3 is 5.11 Å². The van der Waals surface area contributed by atoms with E-state index in [1.165, 1.54) is 44.1 Å². The van der Waals surface area contributed by atoms with Crippen LogP contribution < -0.4 is 0 Å². The summed E-state index contributed by atoms with van der Waals surface area (Å²) in [4.78, 5) is 0. The van der Waals surface area contributed by atoms with Gasteiger partial charge in [0.2, 0.25) is 0 Å². The summed E-state index contributed by atoms with van der Waals surface area (Å²) in [5.74, 6) is 2.08. The Hall–Kier alpha value is -0.980. The molecule has 1 nitrogen and oxygen atoms in total. The molecule has 1 aromatic rings. The molecule has 1 fully saturated rings. The highest BCUT2D eigenvalue weighted by atomic mass is 16.3. The molecule has 0 radical (unpaired) electrons. The molecule has 2 rings (SSSR count). The van der Waals surface area contributed by atoms with Gasteiger partial charge in [0.25, 0.3) is 0 Å². The summed E-state index contributed by atoms with van der Waals surface area (Å²) in [6, 6.07) is 7.79. The van der Waals surface area contributed by atoms with Crippen LogP contribution in [0.25, 0.3) is 0 Å². The lowest BCUT2D eigenvalue weighted by atomic mass is 9.77. The molecule has 1 aromatic carbocycles. The second-order valence-corrected chi connectivity index (χ2v) is 5.10. The van der Waals surface area contributed by atoms with Crippen LogP contribution in [0.15, 0.2) is 24.3 Å². The molecule has 1 heteroatoms. The topological polar surface area (TPSA) is 20.2 Å². The van der Waals surface area contributed by atoms with Crippen LogP contribution in [-0.4, -0.2) is 5.11 Å². The standard InChI is InChI=1S/C15H22O/c1-2-3-12-4-6-13(7-5-12)14-8-10-15(16)11-9-14/h8-13,16H,2-7H2,1H3. The number of phenols is 1. The Morgan fingerprint density at radius 2 is 1.69 bits per heavy atom. The van der Waals surface area contributed by atoms with Gasteiger partial charge in [-0.3, -0.25) is 0 Å². The van der Waals surface area contributed by atoms with Crippen LogP contribution in [0.3, 0.4) is 0 Å². The van der Waals surface area contributed by atoms with Crippen molar-refractivity contribution >= 4 is 0 Å². The summed E-state index contributed by atoms with van der Waals surface area (Å²) in [5, 5.41) is 9.27. The van der Waals surface area contributed by atoms with Crippen LogP contribution in [0.4, 0.5) is 0 Å². The van der Waals surface area contributed by atoms with Crippen LogP contribution in [0.1, 0.15) is 56.9 Å². The fourth-order valence-corrected chi connectivity index (χ4v) is 2.94. The molecule has 88 valence electrons. The molecule has 0 heterocycles. The SMILES string of the molecule is CCCC1CCC(c2ccc(O)cc2)CC1. The predicted molar refractivity (Wildman–Crippen MR) is 67.7 cm³/mol. The van der Waals surface area contributed by atoms with Crippen molar-refractivity contribution in [1.29, 1.82) is 0 Å². The van der Waals surface area contributed by atoms with Gasteiger partial charge in [0.15, 0.2) is 0 Å². The van der Waals surface area contributed by atoms with E-state index in [0.717, 1.165) is 11.8 Å². The van der Waals surface area contributed by atoms with Crippen molar-refractivity contribution in [2.75, 3.05) is 0 Å². The highest BCUT2D eigenvalue weighted by Crippen LogP contribution is 2.37.